The average Bonchev–Trinajstić information content (AvgIpc) is 2.73. The fourth-order valence-electron chi connectivity index (χ4n) is 3.83. The number of ether oxygens (including phenoxy) is 1. The standard InChI is InChI=1S/C14H23NO2/c15-12-4-1-3-11(12)13(16)10-5-8-17-14(9-10)6-2-7-14/h10-12H,1-9,15H2. The zero-order valence-electron chi connectivity index (χ0n) is 10.5. The molecule has 3 nitrogen and oxygen atoms in total. The summed E-state index contributed by atoms with van der Waals surface area (Å²) in [5.74, 6) is 0.831. The highest BCUT2D eigenvalue weighted by atomic mass is 16.5. The fourth-order valence-corrected chi connectivity index (χ4v) is 3.83. The lowest BCUT2D eigenvalue weighted by atomic mass is 9.69. The van der Waals surface area contributed by atoms with Gasteiger partial charge in [0.1, 0.15) is 5.78 Å². The smallest absolute Gasteiger partial charge is 0.140 e. The van der Waals surface area contributed by atoms with Crippen molar-refractivity contribution in [1.82, 2.24) is 0 Å². The van der Waals surface area contributed by atoms with Gasteiger partial charge >= 0.3 is 0 Å². The third kappa shape index (κ3) is 2.04. The first-order valence-corrected chi connectivity index (χ1v) is 7.13. The molecular formula is C14H23NO2. The van der Waals surface area contributed by atoms with Crippen LogP contribution in [0.1, 0.15) is 51.4 Å². The van der Waals surface area contributed by atoms with E-state index in [0.29, 0.717) is 5.78 Å². The van der Waals surface area contributed by atoms with Gasteiger partial charge in [0.2, 0.25) is 0 Å². The van der Waals surface area contributed by atoms with Gasteiger partial charge < -0.3 is 10.5 Å². The Kier molecular flexibility index (Phi) is 2.99. The number of nitrogens with two attached hydrogens (primary N) is 1. The molecule has 3 heteroatoms. The van der Waals surface area contributed by atoms with Crippen molar-refractivity contribution in [3.05, 3.63) is 0 Å². The molecule has 2 N–H and O–H groups in total. The minimum absolute atomic E-state index is 0.0846. The molecule has 1 spiro atoms. The lowest BCUT2D eigenvalue weighted by Gasteiger charge is -2.47. The Morgan fingerprint density at radius 1 is 1.18 bits per heavy atom. The molecule has 0 aromatic carbocycles. The van der Waals surface area contributed by atoms with Gasteiger partial charge in [0.15, 0.2) is 0 Å². The van der Waals surface area contributed by atoms with Crippen molar-refractivity contribution in [2.24, 2.45) is 17.6 Å². The van der Waals surface area contributed by atoms with Gasteiger partial charge in [0, 0.05) is 24.5 Å². The molecule has 3 rings (SSSR count). The second-order valence-electron chi connectivity index (χ2n) is 6.18. The Morgan fingerprint density at radius 3 is 2.59 bits per heavy atom. The molecule has 0 aromatic rings. The Hall–Kier alpha value is -0.410. The van der Waals surface area contributed by atoms with Crippen LogP contribution in [0.5, 0.6) is 0 Å². The van der Waals surface area contributed by atoms with E-state index in [1.165, 1.54) is 6.42 Å². The monoisotopic (exact) mass is 237 g/mol. The first-order valence-electron chi connectivity index (χ1n) is 7.13. The molecule has 1 aliphatic heterocycles. The molecule has 0 bridgehead atoms. The predicted octanol–water partition coefficient (Wildman–Crippen LogP) is 2.03. The Morgan fingerprint density at radius 2 is 2.00 bits per heavy atom. The maximum Gasteiger partial charge on any atom is 0.140 e. The molecule has 2 aliphatic carbocycles. The van der Waals surface area contributed by atoms with Crippen molar-refractivity contribution in [2.75, 3.05) is 6.61 Å². The molecule has 3 unspecified atom stereocenters. The number of carbonyl (C=O) groups excluding carboxylic acids is 1. The Bertz CT molecular complexity index is 311. The van der Waals surface area contributed by atoms with E-state index in [9.17, 15) is 4.79 Å². The van der Waals surface area contributed by atoms with Crippen LogP contribution in [0.25, 0.3) is 0 Å². The largest absolute Gasteiger partial charge is 0.375 e. The number of ketones is 1. The van der Waals surface area contributed by atoms with Crippen LogP contribution >= 0.6 is 0 Å². The van der Waals surface area contributed by atoms with Crippen LogP contribution in [0.15, 0.2) is 0 Å². The van der Waals surface area contributed by atoms with Crippen molar-refractivity contribution in [1.29, 1.82) is 0 Å². The van der Waals surface area contributed by atoms with Crippen LogP contribution in [0, 0.1) is 11.8 Å². The highest BCUT2D eigenvalue weighted by Crippen LogP contribution is 2.45. The van der Waals surface area contributed by atoms with Crippen LogP contribution in [-0.2, 0) is 9.53 Å². The first-order chi connectivity index (χ1) is 8.20. The van der Waals surface area contributed by atoms with E-state index in [2.05, 4.69) is 0 Å². The van der Waals surface area contributed by atoms with Gasteiger partial charge in [-0.15, -0.1) is 0 Å². The molecule has 3 atom stereocenters. The van der Waals surface area contributed by atoms with Gasteiger partial charge in [-0.3, -0.25) is 4.79 Å². The van der Waals surface area contributed by atoms with Crippen LogP contribution in [-0.4, -0.2) is 24.0 Å². The summed E-state index contributed by atoms with van der Waals surface area (Å²) < 4.78 is 5.89. The summed E-state index contributed by atoms with van der Waals surface area (Å²) in [6.45, 7) is 0.776. The minimum atomic E-state index is 0.0846. The SMILES string of the molecule is NC1CCCC1C(=O)C1CCOC2(CCC2)C1. The summed E-state index contributed by atoms with van der Waals surface area (Å²) in [6.07, 6.45) is 8.66. The van der Waals surface area contributed by atoms with E-state index in [-0.39, 0.29) is 23.5 Å². The molecule has 1 saturated heterocycles. The lowest BCUT2D eigenvalue weighted by molar-refractivity contribution is -0.157. The molecular weight excluding hydrogens is 214 g/mol. The van der Waals surface area contributed by atoms with Crippen LogP contribution in [0.3, 0.4) is 0 Å². The minimum Gasteiger partial charge on any atom is -0.375 e. The van der Waals surface area contributed by atoms with Crippen molar-refractivity contribution < 1.29 is 9.53 Å². The zero-order valence-corrected chi connectivity index (χ0v) is 10.5. The molecule has 0 aromatic heterocycles. The summed E-state index contributed by atoms with van der Waals surface area (Å²) >= 11 is 0. The average molecular weight is 237 g/mol. The topological polar surface area (TPSA) is 52.3 Å². The van der Waals surface area contributed by atoms with E-state index in [4.69, 9.17) is 10.5 Å². The fraction of sp³-hybridized carbons (Fsp3) is 0.929. The molecule has 3 fully saturated rings. The predicted molar refractivity (Wildman–Crippen MR) is 65.6 cm³/mol. The van der Waals surface area contributed by atoms with Crippen LogP contribution in [0.4, 0.5) is 0 Å². The summed E-state index contributed by atoms with van der Waals surface area (Å²) in [7, 11) is 0. The van der Waals surface area contributed by atoms with Gasteiger partial charge in [-0.2, -0.15) is 0 Å². The number of hydrogen-bond donors (Lipinski definition) is 1. The van der Waals surface area contributed by atoms with Gasteiger partial charge in [-0.05, 0) is 44.9 Å². The number of Topliss-reactive ketones (excluding diaryl/α,β-unsaturated/α-hetero) is 1. The van der Waals surface area contributed by atoms with E-state index in [0.717, 1.165) is 51.6 Å². The molecule has 1 heterocycles. The van der Waals surface area contributed by atoms with E-state index in [1.54, 1.807) is 0 Å². The Labute approximate surface area is 103 Å². The second-order valence-corrected chi connectivity index (χ2v) is 6.18. The van der Waals surface area contributed by atoms with Gasteiger partial charge in [0.05, 0.1) is 5.60 Å². The molecule has 17 heavy (non-hydrogen) atoms. The number of carbonyl (C=O) groups is 1. The highest BCUT2D eigenvalue weighted by molar-refractivity contribution is 5.84. The molecule has 3 aliphatic rings. The lowest BCUT2D eigenvalue weighted by Crippen LogP contribution is -2.48. The summed E-state index contributed by atoms with van der Waals surface area (Å²) in [6, 6.07) is 0.127. The number of hydrogen-bond acceptors (Lipinski definition) is 3. The molecule has 96 valence electrons. The van der Waals surface area contributed by atoms with Gasteiger partial charge in [-0.25, -0.2) is 0 Å². The van der Waals surface area contributed by atoms with E-state index < -0.39 is 0 Å². The maximum absolute atomic E-state index is 12.5. The van der Waals surface area contributed by atoms with Crippen LogP contribution in [0.2, 0.25) is 0 Å². The van der Waals surface area contributed by atoms with Gasteiger partial charge in [-0.1, -0.05) is 6.42 Å². The maximum atomic E-state index is 12.5. The highest BCUT2D eigenvalue weighted by Gasteiger charge is 2.46. The zero-order chi connectivity index (χ0) is 11.9. The third-order valence-electron chi connectivity index (χ3n) is 5.09. The summed E-state index contributed by atoms with van der Waals surface area (Å²) in [4.78, 5) is 12.5. The quantitative estimate of drug-likeness (QED) is 0.799. The third-order valence-corrected chi connectivity index (χ3v) is 5.09. The van der Waals surface area contributed by atoms with Crippen molar-refractivity contribution in [3.63, 3.8) is 0 Å². The molecule has 2 saturated carbocycles. The number of rotatable bonds is 2. The van der Waals surface area contributed by atoms with Gasteiger partial charge in [0.25, 0.3) is 0 Å². The normalized spacial score (nSPS) is 40.2. The summed E-state index contributed by atoms with van der Waals surface area (Å²) in [5.41, 5.74) is 6.13. The molecule has 0 amide bonds. The van der Waals surface area contributed by atoms with Crippen molar-refractivity contribution in [2.45, 2.75) is 63.0 Å². The summed E-state index contributed by atoms with van der Waals surface area (Å²) in [5, 5.41) is 0. The van der Waals surface area contributed by atoms with Crippen LogP contribution < -0.4 is 5.73 Å². The first kappa shape index (κ1) is 11.7. The van der Waals surface area contributed by atoms with Crippen molar-refractivity contribution >= 4 is 5.78 Å². The van der Waals surface area contributed by atoms with E-state index in [1.807, 2.05) is 0 Å². The Balaban J connectivity index is 1.65. The second kappa shape index (κ2) is 4.36. The molecule has 0 radical (unpaired) electrons. The van der Waals surface area contributed by atoms with E-state index >= 15 is 0 Å². The van der Waals surface area contributed by atoms with Crippen molar-refractivity contribution in [3.8, 4) is 0 Å².